The summed E-state index contributed by atoms with van der Waals surface area (Å²) in [6.45, 7) is 5.53. The van der Waals surface area contributed by atoms with Crippen molar-refractivity contribution in [3.05, 3.63) is 64.1 Å². The Hall–Kier alpha value is -2.99. The summed E-state index contributed by atoms with van der Waals surface area (Å²) in [7, 11) is 2.45. The van der Waals surface area contributed by atoms with Crippen LogP contribution in [0.2, 0.25) is 0 Å². The van der Waals surface area contributed by atoms with Crippen molar-refractivity contribution in [3.8, 4) is 11.1 Å². The fraction of sp³-hybridized carbons (Fsp3) is 0.286. The minimum atomic E-state index is -0.464. The number of halogens is 1. The van der Waals surface area contributed by atoms with E-state index in [4.69, 9.17) is 0 Å². The first-order valence-electron chi connectivity index (χ1n) is 9.53. The number of aromatic nitrogens is 4. The molecule has 1 N–H and O–H groups in total. The molecule has 1 aromatic carbocycles. The topological polar surface area (TPSA) is 89.8 Å². The number of carbonyl (C=O) groups excluding carboxylic acids is 1. The highest BCUT2D eigenvalue weighted by molar-refractivity contribution is 7.27. The Morgan fingerprint density at radius 1 is 1.23 bits per heavy atom. The van der Waals surface area contributed by atoms with Crippen molar-refractivity contribution in [2.75, 3.05) is 5.32 Å². The van der Waals surface area contributed by atoms with E-state index in [1.807, 2.05) is 20.8 Å². The normalized spacial score (nSPS) is 11.9. The quantitative estimate of drug-likeness (QED) is 0.611. The summed E-state index contributed by atoms with van der Waals surface area (Å²) in [5, 5.41) is 7.67. The van der Waals surface area contributed by atoms with Crippen molar-refractivity contribution in [1.82, 2.24) is 19.7 Å². The molecule has 30 heavy (non-hydrogen) atoms. The second-order valence-corrected chi connectivity index (χ2v) is 7.82. The molecule has 0 fully saturated rings. The molecule has 7 nitrogen and oxygen atoms in total. The highest BCUT2D eigenvalue weighted by Crippen LogP contribution is 2.28. The van der Waals surface area contributed by atoms with Crippen LogP contribution in [0, 0.1) is 12.7 Å². The van der Waals surface area contributed by atoms with Crippen LogP contribution in [0.15, 0.2) is 41.5 Å². The number of hydrogen-bond donors (Lipinski definition) is 1. The fourth-order valence-electron chi connectivity index (χ4n) is 2.93. The first-order valence-corrected chi connectivity index (χ1v) is 10.1. The van der Waals surface area contributed by atoms with E-state index in [0.717, 1.165) is 16.7 Å². The number of aryl methyl sites for hydroxylation is 1. The second kappa shape index (κ2) is 9.22. The molecule has 2 unspecified atom stereocenters. The highest BCUT2D eigenvalue weighted by Gasteiger charge is 2.18. The van der Waals surface area contributed by atoms with Gasteiger partial charge in [0.15, 0.2) is 0 Å². The summed E-state index contributed by atoms with van der Waals surface area (Å²) in [6.07, 6.45) is 3.94. The Labute approximate surface area is 176 Å². The predicted molar refractivity (Wildman–Crippen MR) is 117 cm³/mol. The molecule has 3 aromatic rings. The molecule has 0 aliphatic carbocycles. The summed E-state index contributed by atoms with van der Waals surface area (Å²) in [4.78, 5) is 33.1. The van der Waals surface area contributed by atoms with Crippen molar-refractivity contribution < 1.29 is 9.18 Å². The maximum absolute atomic E-state index is 13.9. The van der Waals surface area contributed by atoms with Crippen molar-refractivity contribution >= 4 is 26.4 Å². The summed E-state index contributed by atoms with van der Waals surface area (Å²) in [6, 6.07) is 5.95. The summed E-state index contributed by atoms with van der Waals surface area (Å²) >= 11 is 0. The molecule has 0 aliphatic heterocycles. The standard InChI is InChI=1S/C21H23FN5O2P/c1-4-13(3)20-17(14-5-15(22)7-16(30)6-14)8-19(29)27(26-20)11-18(28)25-21-23-9-12(2)10-24-21/h5-10,13H,4,11,30H2,1-3H3,(H,23,24,25,28). The third kappa shape index (κ3) is 5.13. The average molecular weight is 427 g/mol. The molecule has 0 saturated heterocycles. The van der Waals surface area contributed by atoms with Crippen LogP contribution < -0.4 is 16.2 Å². The van der Waals surface area contributed by atoms with Crippen LogP contribution in [0.3, 0.4) is 0 Å². The number of rotatable bonds is 6. The van der Waals surface area contributed by atoms with E-state index in [1.54, 1.807) is 18.5 Å². The van der Waals surface area contributed by atoms with Crippen LogP contribution >= 0.6 is 9.24 Å². The molecular formula is C21H23FN5O2P. The number of nitrogens with zero attached hydrogens (tertiary/aromatic N) is 4. The van der Waals surface area contributed by atoms with Crippen LogP contribution in [0.25, 0.3) is 11.1 Å². The lowest BCUT2D eigenvalue weighted by atomic mass is 9.95. The van der Waals surface area contributed by atoms with E-state index in [-0.39, 0.29) is 18.4 Å². The van der Waals surface area contributed by atoms with Gasteiger partial charge in [0.1, 0.15) is 12.4 Å². The average Bonchev–Trinajstić information content (AvgIpc) is 2.69. The molecule has 2 heterocycles. The molecule has 2 aromatic heterocycles. The van der Waals surface area contributed by atoms with Gasteiger partial charge < -0.3 is 0 Å². The number of benzene rings is 1. The number of anilines is 1. The lowest BCUT2D eigenvalue weighted by Gasteiger charge is -2.16. The molecule has 156 valence electrons. The molecule has 3 rings (SSSR count). The summed E-state index contributed by atoms with van der Waals surface area (Å²) in [5.41, 5.74) is 2.18. The fourth-order valence-corrected chi connectivity index (χ4v) is 3.27. The van der Waals surface area contributed by atoms with Gasteiger partial charge in [-0.05, 0) is 48.0 Å². The van der Waals surface area contributed by atoms with Crippen molar-refractivity contribution in [2.24, 2.45) is 0 Å². The van der Waals surface area contributed by atoms with Crippen LogP contribution in [0.1, 0.15) is 37.4 Å². The minimum absolute atomic E-state index is 0.00608. The van der Waals surface area contributed by atoms with Gasteiger partial charge in [0.2, 0.25) is 11.9 Å². The smallest absolute Gasteiger partial charge is 0.267 e. The Kier molecular flexibility index (Phi) is 6.67. The van der Waals surface area contributed by atoms with Crippen LogP contribution in [0.4, 0.5) is 10.3 Å². The van der Waals surface area contributed by atoms with Gasteiger partial charge in [0.05, 0.1) is 5.69 Å². The van der Waals surface area contributed by atoms with Crippen molar-refractivity contribution in [1.29, 1.82) is 0 Å². The third-order valence-corrected chi connectivity index (χ3v) is 5.00. The maximum atomic E-state index is 13.9. The van der Waals surface area contributed by atoms with E-state index in [2.05, 4.69) is 29.6 Å². The molecule has 0 spiro atoms. The van der Waals surface area contributed by atoms with Gasteiger partial charge in [-0.3, -0.25) is 14.9 Å². The zero-order chi connectivity index (χ0) is 21.8. The second-order valence-electron chi connectivity index (χ2n) is 7.15. The third-order valence-electron chi connectivity index (χ3n) is 4.66. The van der Waals surface area contributed by atoms with Crippen LogP contribution in [0.5, 0.6) is 0 Å². The van der Waals surface area contributed by atoms with E-state index in [1.165, 1.54) is 18.2 Å². The van der Waals surface area contributed by atoms with Gasteiger partial charge in [-0.15, -0.1) is 9.24 Å². The van der Waals surface area contributed by atoms with Gasteiger partial charge >= 0.3 is 0 Å². The van der Waals surface area contributed by atoms with Crippen LogP contribution in [-0.4, -0.2) is 25.7 Å². The molecule has 1 amide bonds. The summed E-state index contributed by atoms with van der Waals surface area (Å²) < 4.78 is 15.0. The van der Waals surface area contributed by atoms with E-state index < -0.39 is 17.3 Å². The number of amides is 1. The molecule has 0 saturated carbocycles. The Morgan fingerprint density at radius 3 is 2.57 bits per heavy atom. The van der Waals surface area contributed by atoms with Crippen LogP contribution in [-0.2, 0) is 11.3 Å². The first kappa shape index (κ1) is 21.7. The molecule has 9 heteroatoms. The van der Waals surface area contributed by atoms with Gasteiger partial charge in [0.25, 0.3) is 5.56 Å². The SMILES string of the molecule is CCC(C)c1nn(CC(=O)Nc2ncc(C)cn2)c(=O)cc1-c1cc(F)cc(P)c1. The Bertz CT molecular complexity index is 1110. The maximum Gasteiger partial charge on any atom is 0.267 e. The monoisotopic (exact) mass is 427 g/mol. The molecule has 0 bridgehead atoms. The predicted octanol–water partition coefficient (Wildman–Crippen LogP) is 2.80. The Morgan fingerprint density at radius 2 is 1.93 bits per heavy atom. The van der Waals surface area contributed by atoms with Gasteiger partial charge in [-0.25, -0.2) is 19.0 Å². The Balaban J connectivity index is 1.95. The van der Waals surface area contributed by atoms with Gasteiger partial charge in [-0.2, -0.15) is 5.10 Å². The largest absolute Gasteiger partial charge is 0.293 e. The molecule has 0 aliphatic rings. The zero-order valence-corrected chi connectivity index (χ0v) is 18.2. The zero-order valence-electron chi connectivity index (χ0n) is 17.0. The lowest BCUT2D eigenvalue weighted by Crippen LogP contribution is -2.31. The van der Waals surface area contributed by atoms with Crippen molar-refractivity contribution in [3.63, 3.8) is 0 Å². The number of hydrogen-bond acceptors (Lipinski definition) is 5. The number of carbonyl (C=O) groups is 1. The van der Waals surface area contributed by atoms with Gasteiger partial charge in [-0.1, -0.05) is 13.8 Å². The minimum Gasteiger partial charge on any atom is -0.293 e. The number of nitrogens with one attached hydrogen (secondary N) is 1. The first-order chi connectivity index (χ1) is 14.3. The van der Waals surface area contributed by atoms with Gasteiger partial charge in [0, 0.05) is 29.9 Å². The van der Waals surface area contributed by atoms with E-state index >= 15 is 0 Å². The summed E-state index contributed by atoms with van der Waals surface area (Å²) in [5.74, 6) is -0.694. The van der Waals surface area contributed by atoms with E-state index in [9.17, 15) is 14.0 Å². The lowest BCUT2D eigenvalue weighted by molar-refractivity contribution is -0.117. The molecule has 0 radical (unpaired) electrons. The molecular weight excluding hydrogens is 404 g/mol. The molecule has 2 atom stereocenters. The highest BCUT2D eigenvalue weighted by atomic mass is 31.0. The van der Waals surface area contributed by atoms with E-state index in [0.29, 0.717) is 22.1 Å². The van der Waals surface area contributed by atoms with Crippen molar-refractivity contribution in [2.45, 2.75) is 39.7 Å².